The van der Waals surface area contributed by atoms with E-state index in [2.05, 4.69) is 12.2 Å². The van der Waals surface area contributed by atoms with E-state index in [0.717, 1.165) is 12.0 Å². The van der Waals surface area contributed by atoms with Crippen molar-refractivity contribution in [2.75, 3.05) is 11.1 Å². The first-order valence-corrected chi connectivity index (χ1v) is 10.5. The molecule has 0 bridgehead atoms. The summed E-state index contributed by atoms with van der Waals surface area (Å²) in [5.41, 5.74) is 1.80. The maximum atomic E-state index is 12.7. The van der Waals surface area contributed by atoms with Crippen molar-refractivity contribution < 1.29 is 23.5 Å². The quantitative estimate of drug-likeness (QED) is 0.727. The molecule has 2 amide bonds. The van der Waals surface area contributed by atoms with Gasteiger partial charge in [-0.3, -0.25) is 9.59 Å². The Morgan fingerprint density at radius 3 is 2.59 bits per heavy atom. The van der Waals surface area contributed by atoms with Crippen molar-refractivity contribution in [3.8, 4) is 0 Å². The van der Waals surface area contributed by atoms with Crippen molar-refractivity contribution in [3.05, 3.63) is 54.0 Å². The lowest BCUT2D eigenvalue weighted by Gasteiger charge is -2.26. The lowest BCUT2D eigenvalue weighted by Crippen LogP contribution is -2.44. The second-order valence-corrected chi connectivity index (χ2v) is 7.88. The Balaban J connectivity index is 1.62. The minimum Gasteiger partial charge on any atom is -0.466 e. The highest BCUT2D eigenvalue weighted by atomic mass is 32.2. The molecular formula is C21H24N2O5S. The number of furan rings is 1. The number of hydrogen-bond donors (Lipinski definition) is 1. The second-order valence-electron chi connectivity index (χ2n) is 6.76. The van der Waals surface area contributed by atoms with Crippen LogP contribution in [-0.4, -0.2) is 40.6 Å². The molecule has 154 valence electrons. The summed E-state index contributed by atoms with van der Waals surface area (Å²) >= 11 is 1.42. The standard InChI is InChI=1S/C21H24N2O5S/c1-4-15-7-9-16(10-8-15)22-19(25)13(2)28-21(26)17-12-29-20(23(17)14(3)24)18-6-5-11-27-18/h5-11,13,17,20H,4,12H2,1-3H3,(H,22,25)/t13-,17-,20-/m1/s1. The second kappa shape index (κ2) is 9.17. The van der Waals surface area contributed by atoms with E-state index in [4.69, 9.17) is 9.15 Å². The first-order chi connectivity index (χ1) is 13.9. The molecule has 1 aliphatic rings. The Bertz CT molecular complexity index is 866. The highest BCUT2D eigenvalue weighted by Crippen LogP contribution is 2.41. The predicted octanol–water partition coefficient (Wildman–Crippen LogP) is 3.37. The largest absolute Gasteiger partial charge is 0.466 e. The van der Waals surface area contributed by atoms with E-state index in [9.17, 15) is 14.4 Å². The summed E-state index contributed by atoms with van der Waals surface area (Å²) in [4.78, 5) is 38.7. The summed E-state index contributed by atoms with van der Waals surface area (Å²) in [6, 6.07) is 10.2. The van der Waals surface area contributed by atoms with E-state index in [1.807, 2.05) is 24.3 Å². The van der Waals surface area contributed by atoms with Gasteiger partial charge in [0.15, 0.2) is 6.10 Å². The normalized spacial score (nSPS) is 19.6. The number of aryl methyl sites for hydroxylation is 1. The summed E-state index contributed by atoms with van der Waals surface area (Å²) in [5.74, 6) is -0.319. The van der Waals surface area contributed by atoms with Crippen LogP contribution in [0, 0.1) is 0 Å². The number of ether oxygens (including phenoxy) is 1. The molecule has 2 heterocycles. The van der Waals surface area contributed by atoms with Crippen LogP contribution in [0.1, 0.15) is 37.5 Å². The third-order valence-corrected chi connectivity index (χ3v) is 6.00. The molecule has 1 fully saturated rings. The molecule has 3 atom stereocenters. The average molecular weight is 416 g/mol. The van der Waals surface area contributed by atoms with Gasteiger partial charge in [0, 0.05) is 18.4 Å². The van der Waals surface area contributed by atoms with E-state index >= 15 is 0 Å². The molecule has 7 nitrogen and oxygen atoms in total. The van der Waals surface area contributed by atoms with Gasteiger partial charge in [0.25, 0.3) is 5.91 Å². The number of nitrogens with zero attached hydrogens (tertiary/aromatic N) is 1. The molecule has 8 heteroatoms. The Labute approximate surface area is 173 Å². The number of carbonyl (C=O) groups is 3. The van der Waals surface area contributed by atoms with Gasteiger partial charge in [-0.1, -0.05) is 19.1 Å². The molecule has 2 aromatic rings. The molecule has 1 aromatic heterocycles. The van der Waals surface area contributed by atoms with E-state index < -0.39 is 24.0 Å². The lowest BCUT2D eigenvalue weighted by molar-refractivity contribution is -0.160. The smallest absolute Gasteiger partial charge is 0.330 e. The van der Waals surface area contributed by atoms with Gasteiger partial charge in [-0.25, -0.2) is 4.79 Å². The van der Waals surface area contributed by atoms with Crippen LogP contribution in [0.5, 0.6) is 0 Å². The maximum Gasteiger partial charge on any atom is 0.330 e. The van der Waals surface area contributed by atoms with Crippen LogP contribution < -0.4 is 5.32 Å². The zero-order chi connectivity index (χ0) is 21.0. The van der Waals surface area contributed by atoms with Gasteiger partial charge >= 0.3 is 5.97 Å². The lowest BCUT2D eigenvalue weighted by atomic mass is 10.1. The first-order valence-electron chi connectivity index (χ1n) is 9.45. The summed E-state index contributed by atoms with van der Waals surface area (Å²) in [5, 5.41) is 2.35. The van der Waals surface area contributed by atoms with Crippen LogP contribution >= 0.6 is 11.8 Å². The minimum absolute atomic E-state index is 0.258. The van der Waals surface area contributed by atoms with Crippen LogP contribution in [0.2, 0.25) is 0 Å². The Kier molecular flexibility index (Phi) is 6.64. The van der Waals surface area contributed by atoms with Gasteiger partial charge in [0.2, 0.25) is 5.91 Å². The van der Waals surface area contributed by atoms with Gasteiger partial charge in [-0.15, -0.1) is 11.8 Å². The zero-order valence-electron chi connectivity index (χ0n) is 16.6. The number of anilines is 1. The van der Waals surface area contributed by atoms with Crippen LogP contribution in [0.15, 0.2) is 47.1 Å². The molecule has 1 saturated heterocycles. The predicted molar refractivity (Wildman–Crippen MR) is 110 cm³/mol. The van der Waals surface area contributed by atoms with E-state index in [1.165, 1.54) is 36.8 Å². The number of carbonyl (C=O) groups excluding carboxylic acids is 3. The average Bonchev–Trinajstić information content (AvgIpc) is 3.37. The molecule has 0 saturated carbocycles. The number of thioether (sulfide) groups is 1. The van der Waals surface area contributed by atoms with Crippen LogP contribution in [-0.2, 0) is 25.5 Å². The van der Waals surface area contributed by atoms with Gasteiger partial charge in [0.1, 0.15) is 17.2 Å². The number of hydrogen-bond acceptors (Lipinski definition) is 6. The fourth-order valence-corrected chi connectivity index (χ4v) is 4.51. The van der Waals surface area contributed by atoms with Crippen LogP contribution in [0.25, 0.3) is 0 Å². The molecule has 0 aliphatic carbocycles. The molecule has 0 unspecified atom stereocenters. The SMILES string of the molecule is CCc1ccc(NC(=O)[C@@H](C)OC(=O)[C@H]2CS[C@H](c3ccco3)N2C(C)=O)cc1. The van der Waals surface area contributed by atoms with Crippen LogP contribution in [0.4, 0.5) is 5.69 Å². The molecule has 1 aromatic carbocycles. The minimum atomic E-state index is -0.991. The molecule has 0 spiro atoms. The van der Waals surface area contributed by atoms with Crippen molar-refractivity contribution in [2.45, 2.75) is 44.7 Å². The van der Waals surface area contributed by atoms with Crippen molar-refractivity contribution in [1.29, 1.82) is 0 Å². The van der Waals surface area contributed by atoms with E-state index in [0.29, 0.717) is 17.2 Å². The summed E-state index contributed by atoms with van der Waals surface area (Å²) in [6.07, 6.45) is 1.45. The molecular weight excluding hydrogens is 392 g/mol. The number of nitrogens with one attached hydrogen (secondary N) is 1. The van der Waals surface area contributed by atoms with Crippen molar-refractivity contribution in [3.63, 3.8) is 0 Å². The van der Waals surface area contributed by atoms with Crippen molar-refractivity contribution in [1.82, 2.24) is 4.90 Å². The van der Waals surface area contributed by atoms with E-state index in [-0.39, 0.29) is 11.3 Å². The highest BCUT2D eigenvalue weighted by molar-refractivity contribution is 7.99. The molecule has 0 radical (unpaired) electrons. The van der Waals surface area contributed by atoms with Gasteiger partial charge in [0.05, 0.1) is 6.26 Å². The van der Waals surface area contributed by atoms with Gasteiger partial charge < -0.3 is 19.4 Å². The summed E-state index contributed by atoms with van der Waals surface area (Å²) < 4.78 is 10.8. The first kappa shape index (κ1) is 21.0. The summed E-state index contributed by atoms with van der Waals surface area (Å²) in [7, 11) is 0. The fourth-order valence-electron chi connectivity index (χ4n) is 3.10. The third kappa shape index (κ3) is 4.82. The topological polar surface area (TPSA) is 88.8 Å². The van der Waals surface area contributed by atoms with Crippen molar-refractivity contribution >= 4 is 35.2 Å². The van der Waals surface area contributed by atoms with Crippen LogP contribution in [0.3, 0.4) is 0 Å². The number of benzene rings is 1. The molecule has 3 rings (SSSR count). The highest BCUT2D eigenvalue weighted by Gasteiger charge is 2.43. The Hall–Kier alpha value is -2.74. The number of esters is 1. The fraction of sp³-hybridized carbons (Fsp3) is 0.381. The Morgan fingerprint density at radius 2 is 2.00 bits per heavy atom. The van der Waals surface area contributed by atoms with E-state index in [1.54, 1.807) is 12.1 Å². The number of rotatable bonds is 6. The van der Waals surface area contributed by atoms with Gasteiger partial charge in [-0.05, 0) is 43.2 Å². The summed E-state index contributed by atoms with van der Waals surface area (Å²) in [6.45, 7) is 4.97. The number of amides is 2. The molecule has 1 aliphatic heterocycles. The van der Waals surface area contributed by atoms with Crippen molar-refractivity contribution in [2.24, 2.45) is 0 Å². The third-order valence-electron chi connectivity index (χ3n) is 4.71. The Morgan fingerprint density at radius 1 is 1.28 bits per heavy atom. The monoisotopic (exact) mass is 416 g/mol. The molecule has 1 N–H and O–H groups in total. The maximum absolute atomic E-state index is 12.7. The molecule has 29 heavy (non-hydrogen) atoms. The van der Waals surface area contributed by atoms with Gasteiger partial charge in [-0.2, -0.15) is 0 Å². The zero-order valence-corrected chi connectivity index (χ0v) is 17.4.